The highest BCUT2D eigenvalue weighted by molar-refractivity contribution is 6.13. The van der Waals surface area contributed by atoms with E-state index in [9.17, 15) is 0 Å². The van der Waals surface area contributed by atoms with Crippen LogP contribution < -0.4 is 4.57 Å². The lowest BCUT2D eigenvalue weighted by Crippen LogP contribution is -2.27. The molecule has 0 fully saturated rings. The number of para-hydroxylation sites is 2. The topological polar surface area (TPSA) is 21.2 Å². The maximum Gasteiger partial charge on any atom is 0.297 e. The van der Waals surface area contributed by atoms with Crippen molar-refractivity contribution in [1.29, 1.82) is 0 Å². The molecule has 0 spiro atoms. The first-order valence-corrected chi connectivity index (χ1v) is 11.5. The second kappa shape index (κ2) is 7.33. The minimum Gasteiger partial charge on any atom is -0.255 e. The summed E-state index contributed by atoms with van der Waals surface area (Å²) in [5, 5.41) is 2.60. The lowest BCUT2D eigenvalue weighted by molar-refractivity contribution is -0.617. The van der Waals surface area contributed by atoms with Crippen molar-refractivity contribution in [2.24, 2.45) is 18.9 Å². The average Bonchev–Trinajstić information content (AvgIpc) is 3.02. The number of aryl methyl sites for hydroxylation is 2. The molecule has 0 aliphatic heterocycles. The molecule has 3 heterocycles. The summed E-state index contributed by atoms with van der Waals surface area (Å²) in [5.41, 5.74) is 10.4. The highest BCUT2D eigenvalue weighted by Crippen LogP contribution is 2.36. The van der Waals surface area contributed by atoms with Gasteiger partial charge in [-0.3, -0.25) is 4.98 Å². The number of nitrogens with zero attached hydrogens (tertiary/aromatic N) is 3. The van der Waals surface area contributed by atoms with Gasteiger partial charge in [0.25, 0.3) is 5.65 Å². The van der Waals surface area contributed by atoms with Crippen molar-refractivity contribution < 1.29 is 4.57 Å². The second-order valence-corrected chi connectivity index (χ2v) is 9.85. The van der Waals surface area contributed by atoms with Gasteiger partial charge in [0, 0.05) is 6.20 Å². The first kappa shape index (κ1) is 20.0. The van der Waals surface area contributed by atoms with Crippen LogP contribution in [0.2, 0.25) is 0 Å². The van der Waals surface area contributed by atoms with Gasteiger partial charge in [-0.1, -0.05) is 45.9 Å². The van der Waals surface area contributed by atoms with Gasteiger partial charge in [0.2, 0.25) is 0 Å². The quantitative estimate of drug-likeness (QED) is 0.251. The molecule has 5 rings (SSSR count). The monoisotopic (exact) mass is 410 g/mol. The zero-order valence-electron chi connectivity index (χ0n) is 19.5. The summed E-state index contributed by atoms with van der Waals surface area (Å²) in [7, 11) is 2.18. The molecule has 5 aromatic rings. The van der Waals surface area contributed by atoms with Crippen molar-refractivity contribution in [2.75, 3.05) is 0 Å². The molecule has 0 atom stereocenters. The van der Waals surface area contributed by atoms with E-state index >= 15 is 0 Å². The number of hydrogen-bond donors (Lipinski definition) is 0. The normalized spacial score (nSPS) is 12.4. The summed E-state index contributed by atoms with van der Waals surface area (Å²) in [4.78, 5) is 4.99. The van der Waals surface area contributed by atoms with E-state index in [1.807, 2.05) is 6.20 Å². The van der Waals surface area contributed by atoms with Crippen LogP contribution in [0.5, 0.6) is 0 Å². The van der Waals surface area contributed by atoms with E-state index in [0.717, 1.165) is 18.4 Å². The fourth-order valence-electron chi connectivity index (χ4n) is 5.27. The van der Waals surface area contributed by atoms with Gasteiger partial charge in [-0.25, -0.2) is 4.57 Å². The van der Waals surface area contributed by atoms with E-state index in [1.165, 1.54) is 49.7 Å². The third-order valence-electron chi connectivity index (χ3n) is 6.50. The Kier molecular flexibility index (Phi) is 4.73. The molecular weight excluding hydrogens is 378 g/mol. The van der Waals surface area contributed by atoms with Crippen molar-refractivity contribution >= 4 is 38.5 Å². The van der Waals surface area contributed by atoms with Crippen molar-refractivity contribution in [3.05, 3.63) is 65.4 Å². The van der Waals surface area contributed by atoms with Gasteiger partial charge in [0.1, 0.15) is 5.52 Å². The van der Waals surface area contributed by atoms with E-state index in [1.54, 1.807) is 0 Å². The Morgan fingerprint density at radius 1 is 0.871 bits per heavy atom. The Balaban J connectivity index is 2.10. The van der Waals surface area contributed by atoms with Gasteiger partial charge >= 0.3 is 0 Å². The smallest absolute Gasteiger partial charge is 0.255 e. The lowest BCUT2D eigenvalue weighted by Gasteiger charge is -2.17. The standard InChI is InChI=1S/C28H32N3/c1-17(2)15-20-11-12-24-26(21(20)16-18(3)4)27-25(19(5)13-14-29-27)28-30(6)22-9-7-8-10-23(22)31(24)28/h7-14,17-18H,15-16H2,1-6H3/q+1. The summed E-state index contributed by atoms with van der Waals surface area (Å²) >= 11 is 0. The van der Waals surface area contributed by atoms with Crippen LogP contribution in [0.3, 0.4) is 0 Å². The third kappa shape index (κ3) is 3.02. The number of pyridine rings is 2. The van der Waals surface area contributed by atoms with Crippen LogP contribution in [0.25, 0.3) is 38.5 Å². The largest absolute Gasteiger partial charge is 0.297 e. The Bertz CT molecular complexity index is 1450. The Labute approximate surface area is 184 Å². The summed E-state index contributed by atoms with van der Waals surface area (Å²) in [6.07, 6.45) is 4.15. The molecule has 0 aliphatic carbocycles. The van der Waals surface area contributed by atoms with Crippen molar-refractivity contribution in [1.82, 2.24) is 9.38 Å². The minimum absolute atomic E-state index is 0.588. The predicted octanol–water partition coefficient (Wildman–Crippen LogP) is 6.32. The SMILES string of the molecule is Cc1ccnc2c3c(CC(C)C)c(CC(C)C)ccc3n3c4ccccc4[n+](C)c3c12. The Hall–Kier alpha value is -2.94. The molecule has 0 bridgehead atoms. The molecule has 158 valence electrons. The fraction of sp³-hybridized carbons (Fsp3) is 0.357. The number of hydrogen-bond acceptors (Lipinski definition) is 1. The maximum atomic E-state index is 4.99. The first-order chi connectivity index (χ1) is 14.9. The summed E-state index contributed by atoms with van der Waals surface area (Å²) in [6.45, 7) is 11.5. The molecular formula is C28H32N3+. The molecule has 0 aliphatic rings. The van der Waals surface area contributed by atoms with Crippen LogP contribution in [0.4, 0.5) is 0 Å². The fourth-order valence-corrected chi connectivity index (χ4v) is 5.27. The summed E-state index contributed by atoms with van der Waals surface area (Å²) in [5.74, 6) is 1.21. The summed E-state index contributed by atoms with van der Waals surface area (Å²) < 4.78 is 4.79. The lowest BCUT2D eigenvalue weighted by atomic mass is 9.88. The van der Waals surface area contributed by atoms with Crippen LogP contribution in [0.15, 0.2) is 48.7 Å². The van der Waals surface area contributed by atoms with Crippen LogP contribution in [0, 0.1) is 18.8 Å². The Morgan fingerprint density at radius 2 is 1.61 bits per heavy atom. The molecule has 0 saturated heterocycles. The molecule has 2 aromatic carbocycles. The number of rotatable bonds is 4. The molecule has 0 N–H and O–H groups in total. The van der Waals surface area contributed by atoms with Crippen molar-refractivity contribution in [3.63, 3.8) is 0 Å². The minimum atomic E-state index is 0.588. The molecule has 0 saturated carbocycles. The maximum absolute atomic E-state index is 4.99. The predicted molar refractivity (Wildman–Crippen MR) is 131 cm³/mol. The zero-order valence-corrected chi connectivity index (χ0v) is 19.5. The van der Waals surface area contributed by atoms with Crippen molar-refractivity contribution in [2.45, 2.75) is 47.5 Å². The number of imidazole rings is 1. The average molecular weight is 411 g/mol. The van der Waals surface area contributed by atoms with Gasteiger partial charge < -0.3 is 0 Å². The van der Waals surface area contributed by atoms with E-state index < -0.39 is 0 Å². The van der Waals surface area contributed by atoms with E-state index in [2.05, 4.69) is 93.1 Å². The Morgan fingerprint density at radius 3 is 2.35 bits per heavy atom. The van der Waals surface area contributed by atoms with Crippen LogP contribution >= 0.6 is 0 Å². The van der Waals surface area contributed by atoms with Crippen LogP contribution in [-0.2, 0) is 19.9 Å². The molecule has 3 aromatic heterocycles. The van der Waals surface area contributed by atoms with Crippen LogP contribution in [-0.4, -0.2) is 9.38 Å². The second-order valence-electron chi connectivity index (χ2n) is 9.85. The van der Waals surface area contributed by atoms with E-state index in [0.29, 0.717) is 11.8 Å². The van der Waals surface area contributed by atoms with Crippen molar-refractivity contribution in [3.8, 4) is 0 Å². The highest BCUT2D eigenvalue weighted by Gasteiger charge is 2.26. The van der Waals surface area contributed by atoms with E-state index in [4.69, 9.17) is 4.98 Å². The van der Waals surface area contributed by atoms with Gasteiger partial charge in [0.15, 0.2) is 11.0 Å². The number of aromatic nitrogens is 3. The molecule has 31 heavy (non-hydrogen) atoms. The number of benzene rings is 2. The molecule has 0 radical (unpaired) electrons. The zero-order chi connectivity index (χ0) is 21.9. The molecule has 3 heteroatoms. The van der Waals surface area contributed by atoms with E-state index in [-0.39, 0.29) is 0 Å². The third-order valence-corrected chi connectivity index (χ3v) is 6.50. The highest BCUT2D eigenvalue weighted by atomic mass is 15.1. The van der Waals surface area contributed by atoms with Gasteiger partial charge in [-0.15, -0.1) is 0 Å². The van der Waals surface area contributed by atoms with Gasteiger partial charge in [-0.05, 0) is 72.6 Å². The van der Waals surface area contributed by atoms with Gasteiger partial charge in [-0.2, -0.15) is 4.40 Å². The van der Waals surface area contributed by atoms with Crippen LogP contribution in [0.1, 0.15) is 44.4 Å². The summed E-state index contributed by atoms with van der Waals surface area (Å²) in [6, 6.07) is 15.6. The first-order valence-electron chi connectivity index (χ1n) is 11.5. The molecule has 0 unspecified atom stereocenters. The van der Waals surface area contributed by atoms with Gasteiger partial charge in [0.05, 0.1) is 23.3 Å². The molecule has 3 nitrogen and oxygen atoms in total. The number of fused-ring (bicyclic) bond motifs is 8. The molecule has 0 amide bonds.